The molecule has 0 saturated heterocycles. The maximum Gasteiger partial charge on any atom is 0.0722 e. The lowest BCUT2D eigenvalue weighted by atomic mass is 9.89. The first kappa shape index (κ1) is 15.7. The molecular weight excluding hydrogens is 266 g/mol. The Labute approximate surface area is 124 Å². The summed E-state index contributed by atoms with van der Waals surface area (Å²) >= 11 is 0. The maximum atomic E-state index is 9.10. The van der Waals surface area contributed by atoms with Gasteiger partial charge in [-0.25, -0.2) is 0 Å². The lowest BCUT2D eigenvalue weighted by molar-refractivity contribution is 0.188. The Morgan fingerprint density at radius 1 is 1.05 bits per heavy atom. The molecule has 2 aromatic rings. The Kier molecular flexibility index (Phi) is 5.50. The van der Waals surface area contributed by atoms with Crippen molar-refractivity contribution in [2.45, 2.75) is 24.8 Å². The van der Waals surface area contributed by atoms with Crippen molar-refractivity contribution in [3.63, 3.8) is 0 Å². The number of nitrogens with zero attached hydrogens (tertiary/aromatic N) is 1. The minimum atomic E-state index is -0.528. The van der Waals surface area contributed by atoms with Gasteiger partial charge >= 0.3 is 0 Å². The molecule has 0 radical (unpaired) electrons. The molecule has 0 spiro atoms. The summed E-state index contributed by atoms with van der Waals surface area (Å²) in [6.45, 7) is 0.758. The summed E-state index contributed by atoms with van der Waals surface area (Å²) < 4.78 is 0. The number of aliphatic hydroxyl groups is 2. The number of para-hydroxylation sites is 1. The van der Waals surface area contributed by atoms with E-state index in [4.69, 9.17) is 15.9 Å². The third-order valence-electron chi connectivity index (χ3n) is 3.81. The number of aliphatic hydroxyl groups excluding tert-OH is 2. The maximum absolute atomic E-state index is 9.10. The summed E-state index contributed by atoms with van der Waals surface area (Å²) in [7, 11) is 0. The largest absolute Gasteiger partial charge is 0.396 e. The monoisotopic (exact) mass is 289 g/mol. The molecule has 0 aliphatic carbocycles. The Morgan fingerprint density at radius 2 is 1.76 bits per heavy atom. The minimum Gasteiger partial charge on any atom is -0.396 e. The number of nitrogens with one attached hydrogen (secondary N) is 1. The van der Waals surface area contributed by atoms with Crippen molar-refractivity contribution in [3.8, 4) is 0 Å². The van der Waals surface area contributed by atoms with E-state index in [1.54, 1.807) is 6.20 Å². The van der Waals surface area contributed by atoms with E-state index in [2.05, 4.69) is 10.3 Å². The van der Waals surface area contributed by atoms with E-state index in [1.807, 2.05) is 30.3 Å². The third kappa shape index (κ3) is 4.14. The van der Waals surface area contributed by atoms with Gasteiger partial charge in [-0.2, -0.15) is 0 Å². The molecule has 0 unspecified atom stereocenters. The molecule has 1 heterocycles. The summed E-state index contributed by atoms with van der Waals surface area (Å²) in [4.78, 5) is 4.33. The third-order valence-corrected chi connectivity index (χ3v) is 3.81. The average molecular weight is 289 g/mol. The molecule has 0 amide bonds. The van der Waals surface area contributed by atoms with Gasteiger partial charge in [0.25, 0.3) is 0 Å². The van der Waals surface area contributed by atoms with Gasteiger partial charge < -0.3 is 21.3 Å². The number of hydrogen-bond donors (Lipinski definition) is 4. The van der Waals surface area contributed by atoms with Crippen molar-refractivity contribution < 1.29 is 10.2 Å². The van der Waals surface area contributed by atoms with Crippen LogP contribution in [-0.4, -0.2) is 40.5 Å². The second-order valence-corrected chi connectivity index (χ2v) is 5.36. The molecule has 1 aromatic carbocycles. The molecule has 0 aliphatic rings. The second-order valence-electron chi connectivity index (χ2n) is 5.36. The first-order chi connectivity index (χ1) is 10.2. The van der Waals surface area contributed by atoms with Gasteiger partial charge in [0.05, 0.1) is 5.52 Å². The van der Waals surface area contributed by atoms with E-state index < -0.39 is 5.54 Å². The number of anilines is 1. The van der Waals surface area contributed by atoms with Gasteiger partial charge in [-0.1, -0.05) is 18.2 Å². The number of rotatable bonds is 8. The highest BCUT2D eigenvalue weighted by molar-refractivity contribution is 5.90. The van der Waals surface area contributed by atoms with E-state index in [0.29, 0.717) is 25.8 Å². The predicted molar refractivity (Wildman–Crippen MR) is 85.2 cm³/mol. The summed E-state index contributed by atoms with van der Waals surface area (Å²) in [6, 6.07) is 9.90. The first-order valence-corrected chi connectivity index (χ1v) is 7.27. The molecule has 114 valence electrons. The number of aromatic nitrogens is 1. The lowest BCUT2D eigenvalue weighted by Gasteiger charge is -2.28. The van der Waals surface area contributed by atoms with E-state index in [9.17, 15) is 0 Å². The van der Waals surface area contributed by atoms with E-state index in [0.717, 1.165) is 16.6 Å². The fourth-order valence-corrected chi connectivity index (χ4v) is 2.52. The molecule has 5 nitrogen and oxygen atoms in total. The molecular formula is C16H23N3O2. The summed E-state index contributed by atoms with van der Waals surface area (Å²) in [5, 5.41) is 22.6. The van der Waals surface area contributed by atoms with Crippen molar-refractivity contribution in [2.24, 2.45) is 5.73 Å². The van der Waals surface area contributed by atoms with Crippen LogP contribution < -0.4 is 11.1 Å². The van der Waals surface area contributed by atoms with Gasteiger partial charge in [-0.3, -0.25) is 4.98 Å². The van der Waals surface area contributed by atoms with Gasteiger partial charge in [-0.15, -0.1) is 0 Å². The molecule has 5 heteroatoms. The molecule has 0 fully saturated rings. The lowest BCUT2D eigenvalue weighted by Crippen LogP contribution is -2.43. The zero-order chi connectivity index (χ0) is 15.1. The van der Waals surface area contributed by atoms with Crippen LogP contribution in [0.4, 0.5) is 5.69 Å². The highest BCUT2D eigenvalue weighted by Crippen LogP contribution is 2.22. The average Bonchev–Trinajstić information content (AvgIpc) is 2.48. The number of nitrogens with two attached hydrogens (primary N) is 1. The summed E-state index contributed by atoms with van der Waals surface area (Å²) in [5.74, 6) is 0. The van der Waals surface area contributed by atoms with Gasteiger partial charge in [0.2, 0.25) is 0 Å². The van der Waals surface area contributed by atoms with E-state index >= 15 is 0 Å². The van der Waals surface area contributed by atoms with Crippen molar-refractivity contribution in [3.05, 3.63) is 36.5 Å². The summed E-state index contributed by atoms with van der Waals surface area (Å²) in [6.07, 6.45) is 3.45. The number of benzene rings is 1. The van der Waals surface area contributed by atoms with Crippen molar-refractivity contribution >= 4 is 16.6 Å². The van der Waals surface area contributed by atoms with Gasteiger partial charge in [-0.05, 0) is 31.4 Å². The van der Waals surface area contributed by atoms with Crippen LogP contribution in [0.3, 0.4) is 0 Å². The van der Waals surface area contributed by atoms with Crippen LogP contribution in [-0.2, 0) is 0 Å². The van der Waals surface area contributed by atoms with Crippen LogP contribution >= 0.6 is 0 Å². The molecule has 0 atom stereocenters. The predicted octanol–water partition coefficient (Wildman–Crippen LogP) is 1.50. The van der Waals surface area contributed by atoms with Crippen LogP contribution in [0.5, 0.6) is 0 Å². The normalized spacial score (nSPS) is 11.8. The smallest absolute Gasteiger partial charge is 0.0722 e. The zero-order valence-corrected chi connectivity index (χ0v) is 12.1. The van der Waals surface area contributed by atoms with Crippen LogP contribution in [0.1, 0.15) is 19.3 Å². The highest BCUT2D eigenvalue weighted by Gasteiger charge is 2.23. The number of pyridine rings is 1. The summed E-state index contributed by atoms with van der Waals surface area (Å²) in [5.41, 5.74) is 7.67. The standard InChI is InChI=1S/C16H23N3O2/c17-16(7-11-20,8-12-21)6-10-19-15-5-9-18-14-4-2-1-3-13(14)15/h1-5,9,20-21H,6-8,10-12,17H2,(H,18,19). The van der Waals surface area contributed by atoms with Gasteiger partial charge in [0.15, 0.2) is 0 Å². The topological polar surface area (TPSA) is 91.4 Å². The fraction of sp³-hybridized carbons (Fsp3) is 0.438. The van der Waals surface area contributed by atoms with Crippen LogP contribution in [0.25, 0.3) is 10.9 Å². The molecule has 21 heavy (non-hydrogen) atoms. The highest BCUT2D eigenvalue weighted by atomic mass is 16.3. The Morgan fingerprint density at radius 3 is 2.48 bits per heavy atom. The molecule has 0 aliphatic heterocycles. The van der Waals surface area contributed by atoms with Crippen molar-refractivity contribution in [1.29, 1.82) is 0 Å². The number of fused-ring (bicyclic) bond motifs is 1. The Balaban J connectivity index is 2.01. The van der Waals surface area contributed by atoms with Gasteiger partial charge in [0.1, 0.15) is 0 Å². The van der Waals surface area contributed by atoms with Crippen LogP contribution in [0.15, 0.2) is 36.5 Å². The SMILES string of the molecule is NC(CCO)(CCO)CCNc1ccnc2ccccc12. The van der Waals surface area contributed by atoms with Crippen molar-refractivity contribution in [1.82, 2.24) is 4.98 Å². The first-order valence-electron chi connectivity index (χ1n) is 7.27. The molecule has 1 aromatic heterocycles. The van der Waals surface area contributed by atoms with E-state index in [1.165, 1.54) is 0 Å². The second kappa shape index (κ2) is 7.36. The Bertz CT molecular complexity index is 563. The van der Waals surface area contributed by atoms with Crippen LogP contribution in [0, 0.1) is 0 Å². The minimum absolute atomic E-state index is 0.0364. The fourth-order valence-electron chi connectivity index (χ4n) is 2.52. The molecule has 0 saturated carbocycles. The van der Waals surface area contributed by atoms with E-state index in [-0.39, 0.29) is 13.2 Å². The number of hydrogen-bond acceptors (Lipinski definition) is 5. The molecule has 5 N–H and O–H groups in total. The Hall–Kier alpha value is -1.69. The van der Waals surface area contributed by atoms with Crippen molar-refractivity contribution in [2.75, 3.05) is 25.1 Å². The molecule has 2 rings (SSSR count). The van der Waals surface area contributed by atoms with Gasteiger partial charge in [0, 0.05) is 42.6 Å². The molecule has 0 bridgehead atoms. The quantitative estimate of drug-likeness (QED) is 0.591. The zero-order valence-electron chi connectivity index (χ0n) is 12.1. The van der Waals surface area contributed by atoms with Crippen LogP contribution in [0.2, 0.25) is 0 Å².